The van der Waals surface area contributed by atoms with Gasteiger partial charge >= 0.3 is 0 Å². The Kier molecular flexibility index (Phi) is 5.51. The Labute approximate surface area is 73.6 Å². The highest BCUT2D eigenvalue weighted by Crippen LogP contribution is 1.97. The summed E-state index contributed by atoms with van der Waals surface area (Å²) < 4.78 is 5.39. The first-order valence-electron chi connectivity index (χ1n) is 4.66. The molecule has 0 atom stereocenters. The third-order valence-corrected chi connectivity index (χ3v) is 1.76. The van der Waals surface area contributed by atoms with Crippen LogP contribution < -0.4 is 0 Å². The standard InChI is InChI=1S/C9H16N2O/c1-2-5-10-9-11-6-4-8-12-7-3-1/h1-8H2. The van der Waals surface area contributed by atoms with Gasteiger partial charge in [0.05, 0.1) is 12.6 Å². The molecule has 0 bridgehead atoms. The maximum atomic E-state index is 5.39. The molecule has 0 aromatic heterocycles. The van der Waals surface area contributed by atoms with Gasteiger partial charge in [-0.2, -0.15) is 0 Å². The van der Waals surface area contributed by atoms with Crippen molar-refractivity contribution in [3.8, 4) is 0 Å². The Morgan fingerprint density at radius 1 is 0.833 bits per heavy atom. The number of hydrogen-bond acceptors (Lipinski definition) is 3. The quantitative estimate of drug-likeness (QED) is 0.542. The summed E-state index contributed by atoms with van der Waals surface area (Å²) in [6.45, 7) is 3.38. The SMILES string of the molecule is C1=NCCCCCOCCCN=1. The Hall–Kier alpha value is -0.660. The monoisotopic (exact) mass is 168 g/mol. The molecule has 3 nitrogen and oxygen atoms in total. The van der Waals surface area contributed by atoms with Crippen molar-refractivity contribution in [3.05, 3.63) is 0 Å². The van der Waals surface area contributed by atoms with Crippen LogP contribution in [0.1, 0.15) is 25.7 Å². The fourth-order valence-electron chi connectivity index (χ4n) is 1.07. The van der Waals surface area contributed by atoms with Gasteiger partial charge < -0.3 is 4.74 Å². The van der Waals surface area contributed by atoms with E-state index in [9.17, 15) is 0 Å². The highest BCUT2D eigenvalue weighted by atomic mass is 16.5. The summed E-state index contributed by atoms with van der Waals surface area (Å²) in [4.78, 5) is 8.06. The molecular weight excluding hydrogens is 152 g/mol. The molecule has 0 aliphatic carbocycles. The van der Waals surface area contributed by atoms with Crippen molar-refractivity contribution in [1.82, 2.24) is 0 Å². The molecule has 1 aliphatic rings. The summed E-state index contributed by atoms with van der Waals surface area (Å²) in [7, 11) is 0. The van der Waals surface area contributed by atoms with Crippen molar-refractivity contribution >= 4 is 6.01 Å². The number of nitrogens with zero attached hydrogens (tertiary/aromatic N) is 2. The summed E-state index contributed by atoms with van der Waals surface area (Å²) >= 11 is 0. The molecule has 12 heavy (non-hydrogen) atoms. The Morgan fingerprint density at radius 3 is 2.50 bits per heavy atom. The number of hydrogen-bond donors (Lipinski definition) is 0. The number of aliphatic imine (C=N–C) groups is 2. The van der Waals surface area contributed by atoms with E-state index in [1.807, 2.05) is 0 Å². The van der Waals surface area contributed by atoms with Crippen LogP contribution in [-0.2, 0) is 4.74 Å². The van der Waals surface area contributed by atoms with Crippen LogP contribution in [0, 0.1) is 0 Å². The van der Waals surface area contributed by atoms with E-state index < -0.39 is 0 Å². The van der Waals surface area contributed by atoms with Crippen LogP contribution in [0.5, 0.6) is 0 Å². The van der Waals surface area contributed by atoms with Crippen molar-refractivity contribution in [3.63, 3.8) is 0 Å². The third-order valence-electron chi connectivity index (χ3n) is 1.76. The van der Waals surface area contributed by atoms with Gasteiger partial charge in [0, 0.05) is 19.8 Å². The van der Waals surface area contributed by atoms with Gasteiger partial charge in [0.25, 0.3) is 0 Å². The fraction of sp³-hybridized carbons (Fsp3) is 0.889. The Bertz CT molecular complexity index is 148. The summed E-state index contributed by atoms with van der Waals surface area (Å²) in [5.41, 5.74) is 0. The van der Waals surface area contributed by atoms with E-state index in [1.165, 1.54) is 6.42 Å². The molecule has 0 saturated heterocycles. The Morgan fingerprint density at radius 2 is 1.58 bits per heavy atom. The van der Waals surface area contributed by atoms with Gasteiger partial charge in [0.2, 0.25) is 0 Å². The minimum atomic E-state index is 0.795. The number of ether oxygens (including phenoxy) is 1. The Balaban J connectivity index is 2.22. The average molecular weight is 168 g/mol. The van der Waals surface area contributed by atoms with Gasteiger partial charge in [0.15, 0.2) is 0 Å². The fourth-order valence-corrected chi connectivity index (χ4v) is 1.07. The maximum Gasteiger partial charge on any atom is 0.0892 e. The summed E-state index contributed by atoms with van der Waals surface area (Å²) in [6, 6.07) is 2.70. The lowest BCUT2D eigenvalue weighted by atomic mass is 10.2. The minimum absolute atomic E-state index is 0.795. The maximum absolute atomic E-state index is 5.39. The summed E-state index contributed by atoms with van der Waals surface area (Å²) in [6.07, 6.45) is 4.48. The van der Waals surface area contributed by atoms with Crippen LogP contribution in [0.4, 0.5) is 0 Å². The first-order chi connectivity index (χ1) is 6.00. The van der Waals surface area contributed by atoms with Crippen molar-refractivity contribution in [2.45, 2.75) is 25.7 Å². The molecule has 3 heteroatoms. The first-order valence-corrected chi connectivity index (χ1v) is 4.66. The second-order valence-corrected chi connectivity index (χ2v) is 2.89. The molecule has 0 N–H and O–H groups in total. The van der Waals surface area contributed by atoms with Crippen molar-refractivity contribution in [1.29, 1.82) is 0 Å². The normalized spacial score (nSPS) is 21.3. The highest BCUT2D eigenvalue weighted by Gasteiger charge is 1.91. The van der Waals surface area contributed by atoms with Gasteiger partial charge in [0.1, 0.15) is 0 Å². The predicted molar refractivity (Wildman–Crippen MR) is 48.9 cm³/mol. The molecule has 0 aromatic rings. The zero-order valence-corrected chi connectivity index (χ0v) is 7.46. The summed E-state index contributed by atoms with van der Waals surface area (Å²) in [5.74, 6) is 0. The van der Waals surface area contributed by atoms with Crippen molar-refractivity contribution in [2.75, 3.05) is 26.3 Å². The smallest absolute Gasteiger partial charge is 0.0892 e. The largest absolute Gasteiger partial charge is 0.381 e. The lowest BCUT2D eigenvalue weighted by Crippen LogP contribution is -1.99. The molecule has 0 saturated carbocycles. The molecule has 1 aliphatic heterocycles. The van der Waals surface area contributed by atoms with Gasteiger partial charge in [-0.1, -0.05) is 0 Å². The van der Waals surface area contributed by atoms with E-state index in [0.717, 1.165) is 45.6 Å². The third kappa shape index (κ3) is 5.05. The molecule has 0 aromatic carbocycles. The van der Waals surface area contributed by atoms with E-state index in [0.29, 0.717) is 0 Å². The lowest BCUT2D eigenvalue weighted by molar-refractivity contribution is 0.129. The predicted octanol–water partition coefficient (Wildman–Crippen LogP) is 1.75. The highest BCUT2D eigenvalue weighted by molar-refractivity contribution is 5.40. The van der Waals surface area contributed by atoms with Crippen LogP contribution in [-0.4, -0.2) is 32.3 Å². The zero-order chi connectivity index (χ0) is 8.49. The molecule has 0 fully saturated rings. The van der Waals surface area contributed by atoms with E-state index in [1.54, 1.807) is 0 Å². The lowest BCUT2D eigenvalue weighted by Gasteiger charge is -2.02. The van der Waals surface area contributed by atoms with E-state index in [4.69, 9.17) is 4.74 Å². The number of rotatable bonds is 0. The van der Waals surface area contributed by atoms with Gasteiger partial charge in [-0.3, -0.25) is 0 Å². The van der Waals surface area contributed by atoms with Gasteiger partial charge in [-0.15, -0.1) is 0 Å². The molecule has 1 rings (SSSR count). The molecule has 0 radical (unpaired) electrons. The van der Waals surface area contributed by atoms with Crippen LogP contribution in [0.25, 0.3) is 0 Å². The van der Waals surface area contributed by atoms with E-state index >= 15 is 0 Å². The van der Waals surface area contributed by atoms with Crippen LogP contribution in [0.2, 0.25) is 0 Å². The molecule has 0 spiro atoms. The molecule has 1 heterocycles. The van der Waals surface area contributed by atoms with Crippen LogP contribution >= 0.6 is 0 Å². The van der Waals surface area contributed by atoms with E-state index in [2.05, 4.69) is 16.0 Å². The first kappa shape index (κ1) is 9.43. The molecule has 0 amide bonds. The minimum Gasteiger partial charge on any atom is -0.381 e. The second kappa shape index (κ2) is 7.01. The molecule has 68 valence electrons. The average Bonchev–Trinajstić information content (AvgIpc) is 2.05. The van der Waals surface area contributed by atoms with Crippen molar-refractivity contribution in [2.24, 2.45) is 9.98 Å². The van der Waals surface area contributed by atoms with Crippen LogP contribution in [0.15, 0.2) is 9.98 Å². The van der Waals surface area contributed by atoms with Crippen LogP contribution in [0.3, 0.4) is 0 Å². The van der Waals surface area contributed by atoms with E-state index in [-0.39, 0.29) is 0 Å². The topological polar surface area (TPSA) is 34.0 Å². The van der Waals surface area contributed by atoms with Crippen molar-refractivity contribution < 1.29 is 4.74 Å². The molecule has 0 unspecified atom stereocenters. The summed E-state index contributed by atoms with van der Waals surface area (Å²) in [5, 5.41) is 0. The second-order valence-electron chi connectivity index (χ2n) is 2.89. The van der Waals surface area contributed by atoms with Gasteiger partial charge in [-0.05, 0) is 25.7 Å². The van der Waals surface area contributed by atoms with Gasteiger partial charge in [-0.25, -0.2) is 9.98 Å². The molecular formula is C9H16N2O. The zero-order valence-electron chi connectivity index (χ0n) is 7.46.